The molecule has 0 aliphatic rings. The van der Waals surface area contributed by atoms with E-state index in [9.17, 15) is 5.11 Å². The first-order valence-corrected chi connectivity index (χ1v) is 5.27. The highest BCUT2D eigenvalue weighted by Crippen LogP contribution is 2.21. The molecule has 13 heavy (non-hydrogen) atoms. The van der Waals surface area contributed by atoms with Crippen LogP contribution in [0.1, 0.15) is 6.92 Å². The number of rotatable bonds is 4. The number of benzene rings is 1. The highest BCUT2D eigenvalue weighted by Gasteiger charge is 2.01. The predicted octanol–water partition coefficient (Wildman–Crippen LogP) is 2.43. The molecule has 1 radical (unpaired) electrons. The fraction of sp³-hybridized carbons (Fsp3) is 0.400. The molecule has 1 aromatic rings. The average Bonchev–Trinajstić information content (AvgIpc) is 2.16. The number of hydrogen-bond donors (Lipinski definition) is 1. The van der Waals surface area contributed by atoms with E-state index in [2.05, 4.69) is 0 Å². The second-order valence-corrected chi connectivity index (χ2v) is 4.25. The number of nitrogens with two attached hydrogens (primary N) is 1. The Kier molecular flexibility index (Phi) is 4.12. The van der Waals surface area contributed by atoms with Gasteiger partial charge in [-0.05, 0) is 30.2 Å². The van der Waals surface area contributed by atoms with Crippen LogP contribution in [0.25, 0.3) is 0 Å². The molecule has 3 heteroatoms. The molecular weight excluding hydrogens is 182 g/mol. The summed E-state index contributed by atoms with van der Waals surface area (Å²) in [5, 5.41) is 10.5. The maximum atomic E-state index is 10.5. The van der Waals surface area contributed by atoms with E-state index in [-0.39, 0.29) is 12.5 Å². The molecule has 2 N–H and O–H groups in total. The van der Waals surface area contributed by atoms with Crippen LogP contribution in [0.4, 0.5) is 5.69 Å². The Morgan fingerprint density at radius 1 is 1.38 bits per heavy atom. The van der Waals surface area contributed by atoms with Gasteiger partial charge in [-0.1, -0.05) is 6.92 Å². The van der Waals surface area contributed by atoms with Crippen LogP contribution in [0.3, 0.4) is 0 Å². The van der Waals surface area contributed by atoms with Gasteiger partial charge in [-0.3, -0.25) is 0 Å². The van der Waals surface area contributed by atoms with Gasteiger partial charge < -0.3 is 5.73 Å². The molecule has 0 bridgehead atoms. The highest BCUT2D eigenvalue weighted by atomic mass is 32.2. The minimum atomic E-state index is 0.00196. The van der Waals surface area contributed by atoms with E-state index in [1.54, 1.807) is 11.8 Å². The van der Waals surface area contributed by atoms with Crippen molar-refractivity contribution < 1.29 is 5.11 Å². The van der Waals surface area contributed by atoms with Crippen LogP contribution in [-0.2, 0) is 5.11 Å². The summed E-state index contributed by atoms with van der Waals surface area (Å²) in [6, 6.07) is 7.73. The van der Waals surface area contributed by atoms with E-state index in [0.717, 1.165) is 11.4 Å². The van der Waals surface area contributed by atoms with Crippen LogP contribution in [0.15, 0.2) is 29.2 Å². The van der Waals surface area contributed by atoms with Crippen molar-refractivity contribution in [3.8, 4) is 0 Å². The Morgan fingerprint density at radius 3 is 2.54 bits per heavy atom. The first-order chi connectivity index (χ1) is 6.22. The lowest BCUT2D eigenvalue weighted by Gasteiger charge is -2.05. The topological polar surface area (TPSA) is 45.9 Å². The zero-order valence-electron chi connectivity index (χ0n) is 7.69. The molecule has 2 nitrogen and oxygen atoms in total. The van der Waals surface area contributed by atoms with E-state index in [1.807, 2.05) is 31.2 Å². The lowest BCUT2D eigenvalue weighted by Crippen LogP contribution is -2.01. The van der Waals surface area contributed by atoms with Gasteiger partial charge in [-0.25, -0.2) is 5.11 Å². The monoisotopic (exact) mass is 196 g/mol. The van der Waals surface area contributed by atoms with Crippen LogP contribution in [-0.4, -0.2) is 12.4 Å². The summed E-state index contributed by atoms with van der Waals surface area (Å²) in [6.07, 6.45) is 0. The Hall–Kier alpha value is -0.670. The minimum Gasteiger partial charge on any atom is -0.399 e. The molecule has 71 valence electrons. The molecule has 1 aromatic carbocycles. The van der Waals surface area contributed by atoms with Crippen LogP contribution in [0, 0.1) is 5.92 Å². The van der Waals surface area contributed by atoms with Gasteiger partial charge in [0.05, 0.1) is 6.61 Å². The summed E-state index contributed by atoms with van der Waals surface area (Å²) in [7, 11) is 0. The first-order valence-electron chi connectivity index (χ1n) is 4.29. The number of nitrogen functional groups attached to an aromatic ring is 1. The van der Waals surface area contributed by atoms with E-state index >= 15 is 0 Å². The fourth-order valence-electron chi connectivity index (χ4n) is 0.851. The maximum Gasteiger partial charge on any atom is 0.0855 e. The molecule has 0 aliphatic carbocycles. The Balaban J connectivity index is 2.41. The van der Waals surface area contributed by atoms with Crippen molar-refractivity contribution >= 4 is 17.4 Å². The van der Waals surface area contributed by atoms with Crippen molar-refractivity contribution in [1.29, 1.82) is 0 Å². The normalized spacial score (nSPS) is 12.8. The maximum absolute atomic E-state index is 10.5. The third-order valence-corrected chi connectivity index (χ3v) is 3.04. The van der Waals surface area contributed by atoms with Gasteiger partial charge in [0.15, 0.2) is 0 Å². The smallest absolute Gasteiger partial charge is 0.0855 e. The number of anilines is 1. The molecule has 0 aromatic heterocycles. The highest BCUT2D eigenvalue weighted by molar-refractivity contribution is 7.99. The quantitative estimate of drug-likeness (QED) is 0.594. The van der Waals surface area contributed by atoms with Crippen LogP contribution in [0.5, 0.6) is 0 Å². The molecule has 0 spiro atoms. The number of hydrogen-bond acceptors (Lipinski definition) is 2. The van der Waals surface area contributed by atoms with Gasteiger partial charge in [0, 0.05) is 16.3 Å². The Morgan fingerprint density at radius 2 is 2.00 bits per heavy atom. The molecule has 0 saturated heterocycles. The van der Waals surface area contributed by atoms with Crippen molar-refractivity contribution in [2.24, 2.45) is 5.92 Å². The Bertz CT molecular complexity index is 248. The lowest BCUT2D eigenvalue weighted by atomic mass is 10.2. The molecule has 0 saturated carbocycles. The second kappa shape index (κ2) is 5.14. The van der Waals surface area contributed by atoms with Gasteiger partial charge >= 0.3 is 0 Å². The summed E-state index contributed by atoms with van der Waals surface area (Å²) in [6.45, 7) is 1.97. The minimum absolute atomic E-state index is 0.00196. The van der Waals surface area contributed by atoms with E-state index in [4.69, 9.17) is 5.73 Å². The van der Waals surface area contributed by atoms with Crippen molar-refractivity contribution in [3.05, 3.63) is 24.3 Å². The van der Waals surface area contributed by atoms with Crippen LogP contribution in [0.2, 0.25) is 0 Å². The van der Waals surface area contributed by atoms with Crippen molar-refractivity contribution in [3.63, 3.8) is 0 Å². The van der Waals surface area contributed by atoms with E-state index in [1.165, 1.54) is 4.90 Å². The predicted molar refractivity (Wildman–Crippen MR) is 56.3 cm³/mol. The molecule has 1 atom stereocenters. The molecule has 0 amide bonds. The fourth-order valence-corrected chi connectivity index (χ4v) is 1.75. The molecule has 1 unspecified atom stereocenters. The summed E-state index contributed by atoms with van der Waals surface area (Å²) in [5.41, 5.74) is 6.33. The SMILES string of the molecule is CC(C[O])CSc1ccc(N)cc1. The third kappa shape index (κ3) is 3.70. The van der Waals surface area contributed by atoms with Crippen LogP contribution < -0.4 is 5.73 Å². The second-order valence-electron chi connectivity index (χ2n) is 3.15. The molecule has 0 heterocycles. The van der Waals surface area contributed by atoms with Crippen molar-refractivity contribution in [2.75, 3.05) is 18.1 Å². The zero-order chi connectivity index (χ0) is 9.68. The summed E-state index contributed by atoms with van der Waals surface area (Å²) in [5.74, 6) is 1.12. The molecular formula is C10H14NOS. The average molecular weight is 196 g/mol. The van der Waals surface area contributed by atoms with Gasteiger partial charge in [-0.15, -0.1) is 11.8 Å². The molecule has 0 fully saturated rings. The zero-order valence-corrected chi connectivity index (χ0v) is 8.51. The largest absolute Gasteiger partial charge is 0.399 e. The summed E-state index contributed by atoms with van der Waals surface area (Å²) >= 11 is 1.71. The summed E-state index contributed by atoms with van der Waals surface area (Å²) in [4.78, 5) is 1.18. The summed E-state index contributed by atoms with van der Waals surface area (Å²) < 4.78 is 0. The van der Waals surface area contributed by atoms with Gasteiger partial charge in [0.1, 0.15) is 0 Å². The first kappa shape index (κ1) is 10.4. The van der Waals surface area contributed by atoms with E-state index in [0.29, 0.717) is 0 Å². The Labute approximate surface area is 83.1 Å². The van der Waals surface area contributed by atoms with Crippen molar-refractivity contribution in [2.45, 2.75) is 11.8 Å². The standard InChI is InChI=1S/C10H14NOS/c1-8(6-12)7-13-10-4-2-9(11)3-5-10/h2-5,8H,6-7,11H2,1H3. The van der Waals surface area contributed by atoms with Gasteiger partial charge in [0.2, 0.25) is 0 Å². The van der Waals surface area contributed by atoms with Crippen molar-refractivity contribution in [1.82, 2.24) is 0 Å². The number of thioether (sulfide) groups is 1. The third-order valence-electron chi connectivity index (χ3n) is 1.70. The van der Waals surface area contributed by atoms with E-state index < -0.39 is 0 Å². The molecule has 1 rings (SSSR count). The van der Waals surface area contributed by atoms with Gasteiger partial charge in [0.25, 0.3) is 0 Å². The van der Waals surface area contributed by atoms with Gasteiger partial charge in [-0.2, -0.15) is 0 Å². The lowest BCUT2D eigenvalue weighted by molar-refractivity contribution is 0.160. The molecule has 0 aliphatic heterocycles. The van der Waals surface area contributed by atoms with Crippen LogP contribution >= 0.6 is 11.8 Å².